The molecule has 0 aliphatic carbocycles. The van der Waals surface area contributed by atoms with Crippen LogP contribution in [0, 0.1) is 0 Å². The zero-order valence-electron chi connectivity index (χ0n) is 24.0. The molecular formula is C34H28N4O8. The maximum absolute atomic E-state index is 11.7. The molecule has 0 atom stereocenters. The molecular weight excluding hydrogens is 592 g/mol. The topological polar surface area (TPSA) is 225 Å². The SMILES string of the molecule is Nc1ccc(-c2ccc(N)c(C(=O)O)c2)cc1C(=O)O.O=C(O)c1cc(Nc2ccccc2)c(C(=O)O)cc1Nc1ccccc1. The Morgan fingerprint density at radius 2 is 0.761 bits per heavy atom. The summed E-state index contributed by atoms with van der Waals surface area (Å²) in [6.07, 6.45) is 0. The standard InChI is InChI=1S/C20H16N2O4.C14H12N2O4/c23-19(24)15-12-18(22-14-9-5-2-6-10-14)16(20(25)26)11-17(15)21-13-7-3-1-4-8-13;15-11-3-1-7(5-9(11)13(17)18)8-2-4-12(16)10(6-8)14(19)20/h1-12,21-22H,(H,23,24)(H,25,26);1-6H,15-16H2,(H,17,18)(H,19,20). The van der Waals surface area contributed by atoms with Gasteiger partial charge in [-0.05, 0) is 71.8 Å². The highest BCUT2D eigenvalue weighted by Crippen LogP contribution is 2.31. The van der Waals surface area contributed by atoms with Crippen LogP contribution in [0.5, 0.6) is 0 Å². The van der Waals surface area contributed by atoms with E-state index in [1.807, 2.05) is 12.1 Å². The Labute approximate surface area is 262 Å². The molecule has 10 N–H and O–H groups in total. The van der Waals surface area contributed by atoms with Gasteiger partial charge < -0.3 is 42.5 Å². The first-order valence-corrected chi connectivity index (χ1v) is 13.5. The molecule has 0 saturated heterocycles. The lowest BCUT2D eigenvalue weighted by Crippen LogP contribution is -2.09. The second-order valence-electron chi connectivity index (χ2n) is 9.75. The second kappa shape index (κ2) is 14.1. The van der Waals surface area contributed by atoms with Crippen LogP contribution in [0.1, 0.15) is 41.4 Å². The quantitative estimate of drug-likeness (QED) is 0.0828. The largest absolute Gasteiger partial charge is 0.478 e. The minimum absolute atomic E-state index is 0.0303. The van der Waals surface area contributed by atoms with E-state index in [1.165, 1.54) is 36.4 Å². The van der Waals surface area contributed by atoms with Gasteiger partial charge in [0, 0.05) is 22.7 Å². The first kappa shape index (κ1) is 32.1. The van der Waals surface area contributed by atoms with Crippen molar-refractivity contribution in [3.63, 3.8) is 0 Å². The van der Waals surface area contributed by atoms with Crippen molar-refractivity contribution in [1.29, 1.82) is 0 Å². The minimum Gasteiger partial charge on any atom is -0.478 e. The molecule has 46 heavy (non-hydrogen) atoms. The Balaban J connectivity index is 0.000000216. The van der Waals surface area contributed by atoms with Crippen LogP contribution >= 0.6 is 0 Å². The molecule has 12 nitrogen and oxygen atoms in total. The molecule has 0 spiro atoms. The van der Waals surface area contributed by atoms with Crippen LogP contribution in [0.2, 0.25) is 0 Å². The van der Waals surface area contributed by atoms with E-state index in [0.717, 1.165) is 0 Å². The first-order valence-electron chi connectivity index (χ1n) is 13.5. The van der Waals surface area contributed by atoms with E-state index in [2.05, 4.69) is 10.6 Å². The second-order valence-corrected chi connectivity index (χ2v) is 9.75. The lowest BCUT2D eigenvalue weighted by molar-refractivity contribution is 0.0683. The summed E-state index contributed by atoms with van der Waals surface area (Å²) < 4.78 is 0. The molecule has 0 aliphatic rings. The summed E-state index contributed by atoms with van der Waals surface area (Å²) in [6.45, 7) is 0. The van der Waals surface area contributed by atoms with Crippen LogP contribution in [-0.4, -0.2) is 44.3 Å². The highest BCUT2D eigenvalue weighted by Gasteiger charge is 2.19. The lowest BCUT2D eigenvalue weighted by Gasteiger charge is -2.15. The number of nitrogens with one attached hydrogen (secondary N) is 2. The molecule has 0 unspecified atom stereocenters. The number of benzene rings is 5. The third-order valence-electron chi connectivity index (χ3n) is 6.62. The molecule has 0 bridgehead atoms. The van der Waals surface area contributed by atoms with Crippen molar-refractivity contribution in [3.8, 4) is 11.1 Å². The number of para-hydroxylation sites is 2. The van der Waals surface area contributed by atoms with Gasteiger partial charge in [-0.15, -0.1) is 0 Å². The van der Waals surface area contributed by atoms with Crippen molar-refractivity contribution in [2.24, 2.45) is 0 Å². The summed E-state index contributed by atoms with van der Waals surface area (Å²) >= 11 is 0. The Kier molecular flexibility index (Phi) is 9.84. The Bertz CT molecular complexity index is 1790. The van der Waals surface area contributed by atoms with E-state index < -0.39 is 23.9 Å². The maximum Gasteiger partial charge on any atom is 0.337 e. The molecule has 12 heteroatoms. The predicted molar refractivity (Wildman–Crippen MR) is 174 cm³/mol. The summed E-state index contributed by atoms with van der Waals surface area (Å²) in [6, 6.07) is 29.5. The van der Waals surface area contributed by atoms with E-state index in [-0.39, 0.29) is 45.0 Å². The van der Waals surface area contributed by atoms with E-state index in [0.29, 0.717) is 22.5 Å². The Morgan fingerprint density at radius 3 is 1.07 bits per heavy atom. The number of anilines is 6. The zero-order chi connectivity index (χ0) is 33.4. The van der Waals surface area contributed by atoms with E-state index in [4.69, 9.17) is 21.7 Å². The monoisotopic (exact) mass is 620 g/mol. The molecule has 5 aromatic rings. The molecule has 0 fully saturated rings. The Morgan fingerprint density at radius 1 is 0.435 bits per heavy atom. The van der Waals surface area contributed by atoms with Crippen molar-refractivity contribution in [3.05, 3.63) is 131 Å². The first-order chi connectivity index (χ1) is 21.9. The van der Waals surface area contributed by atoms with Gasteiger partial charge in [0.1, 0.15) is 0 Å². The number of carboxylic acids is 4. The van der Waals surface area contributed by atoms with Crippen molar-refractivity contribution >= 4 is 58.0 Å². The molecule has 232 valence electrons. The highest BCUT2D eigenvalue weighted by molar-refractivity contribution is 6.03. The smallest absolute Gasteiger partial charge is 0.337 e. The normalized spacial score (nSPS) is 10.2. The van der Waals surface area contributed by atoms with Gasteiger partial charge in [-0.2, -0.15) is 0 Å². The van der Waals surface area contributed by atoms with Crippen molar-refractivity contribution in [2.75, 3.05) is 22.1 Å². The molecule has 0 heterocycles. The minimum atomic E-state index is -1.16. The van der Waals surface area contributed by atoms with Crippen LogP contribution < -0.4 is 22.1 Å². The van der Waals surface area contributed by atoms with Gasteiger partial charge in [-0.1, -0.05) is 48.5 Å². The lowest BCUT2D eigenvalue weighted by atomic mass is 9.99. The van der Waals surface area contributed by atoms with Crippen molar-refractivity contribution in [2.45, 2.75) is 0 Å². The third kappa shape index (κ3) is 7.76. The van der Waals surface area contributed by atoms with Gasteiger partial charge in [0.25, 0.3) is 0 Å². The van der Waals surface area contributed by atoms with Crippen LogP contribution in [0.4, 0.5) is 34.1 Å². The van der Waals surface area contributed by atoms with Gasteiger partial charge >= 0.3 is 23.9 Å². The molecule has 5 rings (SSSR count). The van der Waals surface area contributed by atoms with Crippen LogP contribution in [-0.2, 0) is 0 Å². The summed E-state index contributed by atoms with van der Waals surface area (Å²) in [7, 11) is 0. The number of nitrogen functional groups attached to an aromatic ring is 2. The van der Waals surface area contributed by atoms with E-state index in [9.17, 15) is 29.4 Å². The van der Waals surface area contributed by atoms with Gasteiger partial charge in [0.15, 0.2) is 0 Å². The van der Waals surface area contributed by atoms with Crippen molar-refractivity contribution < 1.29 is 39.6 Å². The molecule has 0 saturated carbocycles. The van der Waals surface area contributed by atoms with Crippen LogP contribution in [0.15, 0.2) is 109 Å². The van der Waals surface area contributed by atoms with Crippen LogP contribution in [0.3, 0.4) is 0 Å². The fourth-order valence-corrected chi connectivity index (χ4v) is 4.36. The fraction of sp³-hybridized carbons (Fsp3) is 0. The molecule has 5 aromatic carbocycles. The summed E-state index contributed by atoms with van der Waals surface area (Å²) in [5.41, 5.74) is 14.2. The highest BCUT2D eigenvalue weighted by atomic mass is 16.4. The van der Waals surface area contributed by atoms with E-state index in [1.54, 1.807) is 60.7 Å². The number of hydrogen-bond donors (Lipinski definition) is 8. The van der Waals surface area contributed by atoms with Gasteiger partial charge in [-0.25, -0.2) is 19.2 Å². The van der Waals surface area contributed by atoms with Gasteiger partial charge in [0.05, 0.1) is 33.6 Å². The third-order valence-corrected chi connectivity index (χ3v) is 6.62. The van der Waals surface area contributed by atoms with E-state index >= 15 is 0 Å². The number of nitrogens with two attached hydrogens (primary N) is 2. The van der Waals surface area contributed by atoms with Crippen molar-refractivity contribution in [1.82, 2.24) is 0 Å². The summed E-state index contributed by atoms with van der Waals surface area (Å²) in [5, 5.41) is 43.1. The molecule has 0 aliphatic heterocycles. The number of carbonyl (C=O) groups is 4. The number of aromatic carboxylic acids is 4. The zero-order valence-corrected chi connectivity index (χ0v) is 24.0. The fourth-order valence-electron chi connectivity index (χ4n) is 4.36. The van der Waals surface area contributed by atoms with Crippen LogP contribution in [0.25, 0.3) is 11.1 Å². The molecule has 0 amide bonds. The Hall–Kier alpha value is -6.82. The maximum atomic E-state index is 11.7. The molecule has 0 radical (unpaired) electrons. The molecule has 0 aromatic heterocycles. The average Bonchev–Trinajstić information content (AvgIpc) is 3.03. The number of hydrogen-bond acceptors (Lipinski definition) is 8. The summed E-state index contributed by atoms with van der Waals surface area (Å²) in [4.78, 5) is 45.4. The number of carboxylic acid groups (broad SMARTS) is 4. The summed E-state index contributed by atoms with van der Waals surface area (Å²) in [5.74, 6) is -4.59. The predicted octanol–water partition coefficient (Wildman–Crippen LogP) is 6.48. The number of rotatable bonds is 9. The van der Waals surface area contributed by atoms with Gasteiger partial charge in [0.2, 0.25) is 0 Å². The average molecular weight is 621 g/mol. The van der Waals surface area contributed by atoms with Gasteiger partial charge in [-0.3, -0.25) is 0 Å².